The Morgan fingerprint density at radius 3 is 2.53 bits per heavy atom. The van der Waals surface area contributed by atoms with Gasteiger partial charge in [0.1, 0.15) is 0 Å². The van der Waals surface area contributed by atoms with Crippen molar-refractivity contribution in [1.29, 1.82) is 0 Å². The number of ether oxygens (including phenoxy) is 2. The second-order valence-corrected chi connectivity index (χ2v) is 4.44. The molecule has 1 N–H and O–H groups in total. The van der Waals surface area contributed by atoms with Crippen molar-refractivity contribution in [2.24, 2.45) is 5.10 Å². The van der Waals surface area contributed by atoms with Gasteiger partial charge in [-0.15, -0.1) is 0 Å². The van der Waals surface area contributed by atoms with Gasteiger partial charge in [0.25, 0.3) is 0 Å². The molecule has 2 rings (SSSR count). The molecule has 0 atom stereocenters. The number of nitrogens with one attached hydrogen (secondary N) is 1. The van der Waals surface area contributed by atoms with Crippen LogP contribution in [0.4, 0.5) is 0 Å². The van der Waals surface area contributed by atoms with Gasteiger partial charge in [-0.05, 0) is 22.8 Å². The Hall–Kier alpha value is -1.72. The van der Waals surface area contributed by atoms with E-state index >= 15 is 0 Å². The van der Waals surface area contributed by atoms with Crippen LogP contribution in [0, 0.1) is 0 Å². The summed E-state index contributed by atoms with van der Waals surface area (Å²) in [4.78, 5) is 11.1. The number of hydrazone groups is 1. The molecule has 102 valence electrons. The predicted octanol–water partition coefficient (Wildman–Crippen LogP) is 1.59. The van der Waals surface area contributed by atoms with Crippen LogP contribution in [0.5, 0.6) is 0 Å². The van der Waals surface area contributed by atoms with E-state index in [0.717, 1.165) is 22.4 Å². The minimum Gasteiger partial charge on any atom is -0.380 e. The zero-order valence-corrected chi connectivity index (χ0v) is 11.2. The Labute approximate surface area is 112 Å². The first-order valence-electron chi connectivity index (χ1n) is 6.20. The number of hydrogen-bond acceptors (Lipinski definition) is 4. The summed E-state index contributed by atoms with van der Waals surface area (Å²) in [7, 11) is 3.34. The number of rotatable bonds is 5. The molecule has 1 aromatic rings. The van der Waals surface area contributed by atoms with Crippen LogP contribution in [0.3, 0.4) is 0 Å². The Kier molecular flexibility index (Phi) is 4.65. The molecule has 0 radical (unpaired) electrons. The lowest BCUT2D eigenvalue weighted by molar-refractivity contribution is -0.121. The minimum absolute atomic E-state index is 0.0307. The summed E-state index contributed by atoms with van der Waals surface area (Å²) in [6.45, 7) is 1.09. The van der Waals surface area contributed by atoms with Crippen molar-refractivity contribution in [2.75, 3.05) is 14.2 Å². The van der Waals surface area contributed by atoms with E-state index in [4.69, 9.17) is 9.47 Å². The Morgan fingerprint density at radius 2 is 1.89 bits per heavy atom. The van der Waals surface area contributed by atoms with Crippen LogP contribution < -0.4 is 5.43 Å². The van der Waals surface area contributed by atoms with E-state index < -0.39 is 0 Å². The molecule has 0 saturated heterocycles. The van der Waals surface area contributed by atoms with Crippen molar-refractivity contribution < 1.29 is 14.3 Å². The van der Waals surface area contributed by atoms with Crippen LogP contribution in [0.2, 0.25) is 0 Å². The van der Waals surface area contributed by atoms with Crippen molar-refractivity contribution in [3.63, 3.8) is 0 Å². The van der Waals surface area contributed by atoms with Gasteiger partial charge in [0, 0.05) is 27.1 Å². The molecule has 1 aromatic carbocycles. The van der Waals surface area contributed by atoms with E-state index in [1.165, 1.54) is 0 Å². The fourth-order valence-corrected chi connectivity index (χ4v) is 2.07. The zero-order chi connectivity index (χ0) is 13.7. The highest BCUT2D eigenvalue weighted by atomic mass is 16.5. The first-order valence-corrected chi connectivity index (χ1v) is 6.20. The second kappa shape index (κ2) is 6.45. The predicted molar refractivity (Wildman–Crippen MR) is 71.8 cm³/mol. The lowest BCUT2D eigenvalue weighted by Gasteiger charge is -2.15. The lowest BCUT2D eigenvalue weighted by atomic mass is 9.99. The maximum Gasteiger partial charge on any atom is 0.240 e. The molecule has 0 spiro atoms. The Balaban J connectivity index is 2.27. The molecule has 5 heteroatoms. The molecular formula is C14H18N2O3. The Morgan fingerprint density at radius 1 is 1.16 bits per heavy atom. The monoisotopic (exact) mass is 262 g/mol. The number of benzene rings is 1. The van der Waals surface area contributed by atoms with Crippen LogP contribution in [-0.4, -0.2) is 25.8 Å². The van der Waals surface area contributed by atoms with Gasteiger partial charge in [0.05, 0.1) is 18.9 Å². The quantitative estimate of drug-likeness (QED) is 0.876. The van der Waals surface area contributed by atoms with Crippen LogP contribution >= 0.6 is 0 Å². The fraction of sp³-hybridized carbons (Fsp3) is 0.429. The summed E-state index contributed by atoms with van der Waals surface area (Å²) in [5, 5.41) is 4.10. The van der Waals surface area contributed by atoms with E-state index in [2.05, 4.69) is 10.5 Å². The standard InChI is InChI=1S/C14H18N2O3/c1-18-8-11-4-3-10(7-12(11)9-19-2)13-5-6-14(17)16-15-13/h3-4,7H,5-6,8-9H2,1-2H3,(H,16,17). The van der Waals surface area contributed by atoms with Crippen LogP contribution in [0.15, 0.2) is 23.3 Å². The van der Waals surface area contributed by atoms with Crippen molar-refractivity contribution in [3.05, 3.63) is 34.9 Å². The number of hydrogen-bond donors (Lipinski definition) is 1. The summed E-state index contributed by atoms with van der Waals surface area (Å²) in [5.74, 6) is -0.0307. The van der Waals surface area contributed by atoms with Crippen molar-refractivity contribution in [1.82, 2.24) is 5.43 Å². The lowest BCUT2D eigenvalue weighted by Crippen LogP contribution is -2.26. The molecule has 0 fully saturated rings. The average Bonchev–Trinajstić information content (AvgIpc) is 2.42. The summed E-state index contributed by atoms with van der Waals surface area (Å²) >= 11 is 0. The molecule has 0 unspecified atom stereocenters. The summed E-state index contributed by atoms with van der Waals surface area (Å²) in [6.07, 6.45) is 1.15. The van der Waals surface area contributed by atoms with E-state index in [1.807, 2.05) is 18.2 Å². The molecular weight excluding hydrogens is 244 g/mol. The van der Waals surface area contributed by atoms with Gasteiger partial charge in [0.2, 0.25) is 5.91 Å². The molecule has 1 amide bonds. The normalized spacial score (nSPS) is 15.1. The summed E-state index contributed by atoms with van der Waals surface area (Å²) in [5.41, 5.74) is 6.63. The third kappa shape index (κ3) is 3.39. The van der Waals surface area contributed by atoms with Gasteiger partial charge in [0.15, 0.2) is 0 Å². The van der Waals surface area contributed by atoms with Crippen LogP contribution in [0.1, 0.15) is 29.5 Å². The van der Waals surface area contributed by atoms with Gasteiger partial charge in [-0.25, -0.2) is 5.43 Å². The topological polar surface area (TPSA) is 59.9 Å². The van der Waals surface area contributed by atoms with Crippen molar-refractivity contribution >= 4 is 11.6 Å². The largest absolute Gasteiger partial charge is 0.380 e. The molecule has 0 saturated carbocycles. The second-order valence-electron chi connectivity index (χ2n) is 4.44. The zero-order valence-electron chi connectivity index (χ0n) is 11.2. The molecule has 5 nitrogen and oxygen atoms in total. The third-order valence-electron chi connectivity index (χ3n) is 3.04. The highest BCUT2D eigenvalue weighted by molar-refractivity contribution is 6.04. The average molecular weight is 262 g/mol. The molecule has 19 heavy (non-hydrogen) atoms. The Bertz CT molecular complexity index is 497. The van der Waals surface area contributed by atoms with E-state index in [-0.39, 0.29) is 5.91 Å². The summed E-state index contributed by atoms with van der Waals surface area (Å²) in [6, 6.07) is 6.07. The highest BCUT2D eigenvalue weighted by Gasteiger charge is 2.14. The van der Waals surface area contributed by atoms with Crippen molar-refractivity contribution in [3.8, 4) is 0 Å². The molecule has 0 bridgehead atoms. The van der Waals surface area contributed by atoms with Crippen LogP contribution in [0.25, 0.3) is 0 Å². The number of methoxy groups -OCH3 is 2. The molecule has 0 aliphatic carbocycles. The summed E-state index contributed by atoms with van der Waals surface area (Å²) < 4.78 is 10.4. The number of carbonyl (C=O) groups is 1. The van der Waals surface area contributed by atoms with Gasteiger partial charge in [-0.2, -0.15) is 5.10 Å². The first kappa shape index (κ1) is 13.7. The maximum atomic E-state index is 11.1. The third-order valence-corrected chi connectivity index (χ3v) is 3.04. The first-order chi connectivity index (χ1) is 9.24. The number of amides is 1. The number of nitrogens with zero attached hydrogens (tertiary/aromatic N) is 1. The van der Waals surface area contributed by atoms with E-state index in [0.29, 0.717) is 26.1 Å². The molecule has 0 aromatic heterocycles. The van der Waals surface area contributed by atoms with Gasteiger partial charge in [-0.3, -0.25) is 4.79 Å². The van der Waals surface area contributed by atoms with Crippen molar-refractivity contribution in [2.45, 2.75) is 26.1 Å². The van der Waals surface area contributed by atoms with Crippen LogP contribution in [-0.2, 0) is 27.5 Å². The van der Waals surface area contributed by atoms with Gasteiger partial charge >= 0.3 is 0 Å². The molecule has 1 aliphatic heterocycles. The minimum atomic E-state index is -0.0307. The SMILES string of the molecule is COCc1ccc(C2=NNC(=O)CC2)cc1COC. The molecule has 1 aliphatic rings. The fourth-order valence-electron chi connectivity index (χ4n) is 2.07. The maximum absolute atomic E-state index is 11.1. The van der Waals surface area contributed by atoms with Gasteiger partial charge in [-0.1, -0.05) is 12.1 Å². The number of carbonyl (C=O) groups excluding carboxylic acids is 1. The smallest absolute Gasteiger partial charge is 0.240 e. The van der Waals surface area contributed by atoms with Gasteiger partial charge < -0.3 is 9.47 Å². The highest BCUT2D eigenvalue weighted by Crippen LogP contribution is 2.17. The molecule has 1 heterocycles. The van der Waals surface area contributed by atoms with E-state index in [9.17, 15) is 4.79 Å². The van der Waals surface area contributed by atoms with E-state index in [1.54, 1.807) is 14.2 Å².